The Balaban J connectivity index is 2.76. The number of nitrogens with zero attached hydrogens (tertiary/aromatic N) is 1. The minimum atomic E-state index is -0.101. The molecule has 15 heavy (non-hydrogen) atoms. The molecule has 0 aliphatic heterocycles. The topological polar surface area (TPSA) is 20.3 Å². The lowest BCUT2D eigenvalue weighted by atomic mass is 10.4. The van der Waals surface area contributed by atoms with E-state index in [9.17, 15) is 4.79 Å². The number of amides is 1. The van der Waals surface area contributed by atoms with Crippen molar-refractivity contribution < 1.29 is 4.79 Å². The van der Waals surface area contributed by atoms with Crippen molar-refractivity contribution in [3.05, 3.63) is 21.3 Å². The number of hydrogen-bond acceptors (Lipinski definition) is 2. The van der Waals surface area contributed by atoms with E-state index >= 15 is 0 Å². The summed E-state index contributed by atoms with van der Waals surface area (Å²) in [6, 6.07) is 1.71. The molecule has 84 valence electrons. The van der Waals surface area contributed by atoms with Crippen molar-refractivity contribution in [2.45, 2.75) is 0 Å². The molecule has 2 nitrogen and oxygen atoms in total. The van der Waals surface area contributed by atoms with E-state index < -0.39 is 0 Å². The monoisotopic (exact) mass is 285 g/mol. The third-order valence-electron chi connectivity index (χ3n) is 1.81. The molecule has 0 saturated heterocycles. The summed E-state index contributed by atoms with van der Waals surface area (Å²) in [7, 11) is 0. The van der Waals surface area contributed by atoms with E-state index in [-0.39, 0.29) is 5.91 Å². The van der Waals surface area contributed by atoms with E-state index in [1.54, 1.807) is 16.3 Å². The van der Waals surface area contributed by atoms with Crippen LogP contribution in [0, 0.1) is 0 Å². The SMILES string of the molecule is O=C(c1sccc1Cl)N(CCCl)CCCl. The maximum Gasteiger partial charge on any atom is 0.265 e. The quantitative estimate of drug-likeness (QED) is 0.760. The van der Waals surface area contributed by atoms with Crippen LogP contribution < -0.4 is 0 Å². The molecule has 1 rings (SSSR count). The van der Waals surface area contributed by atoms with Crippen LogP contribution >= 0.6 is 46.1 Å². The lowest BCUT2D eigenvalue weighted by Crippen LogP contribution is -2.34. The molecule has 6 heteroatoms. The van der Waals surface area contributed by atoms with Gasteiger partial charge in [0, 0.05) is 24.8 Å². The summed E-state index contributed by atoms with van der Waals surface area (Å²) in [6.45, 7) is 0.975. The minimum absolute atomic E-state index is 0.101. The van der Waals surface area contributed by atoms with E-state index in [1.807, 2.05) is 0 Å². The van der Waals surface area contributed by atoms with Crippen LogP contribution in [0.5, 0.6) is 0 Å². The number of thiophene rings is 1. The first-order valence-corrected chi connectivity index (χ1v) is 6.67. The number of rotatable bonds is 5. The molecular formula is C9H10Cl3NOS. The molecule has 0 bridgehead atoms. The van der Waals surface area contributed by atoms with E-state index in [0.717, 1.165) is 0 Å². The van der Waals surface area contributed by atoms with Gasteiger partial charge >= 0.3 is 0 Å². The van der Waals surface area contributed by atoms with Gasteiger partial charge in [0.15, 0.2) is 0 Å². The fourth-order valence-electron chi connectivity index (χ4n) is 1.11. The number of hydrogen-bond donors (Lipinski definition) is 0. The summed E-state index contributed by atoms with van der Waals surface area (Å²) in [5.74, 6) is 0.688. The van der Waals surface area contributed by atoms with E-state index in [1.165, 1.54) is 11.3 Å². The zero-order chi connectivity index (χ0) is 11.3. The lowest BCUT2D eigenvalue weighted by molar-refractivity contribution is 0.0780. The van der Waals surface area contributed by atoms with E-state index in [4.69, 9.17) is 34.8 Å². The van der Waals surface area contributed by atoms with E-state index in [0.29, 0.717) is 34.7 Å². The van der Waals surface area contributed by atoms with Crippen LogP contribution in [-0.2, 0) is 0 Å². The molecule has 0 aromatic carbocycles. The standard InChI is InChI=1S/C9H10Cl3NOS/c10-2-4-13(5-3-11)9(14)8-7(12)1-6-15-8/h1,6H,2-5H2. The third kappa shape index (κ3) is 3.52. The normalized spacial score (nSPS) is 10.3. The van der Waals surface area contributed by atoms with Crippen molar-refractivity contribution in [2.24, 2.45) is 0 Å². The van der Waals surface area contributed by atoms with E-state index in [2.05, 4.69) is 0 Å². The van der Waals surface area contributed by atoms with Crippen LogP contribution in [0.2, 0.25) is 5.02 Å². The predicted molar refractivity (Wildman–Crippen MR) is 66.7 cm³/mol. The summed E-state index contributed by atoms with van der Waals surface area (Å²) < 4.78 is 0. The summed E-state index contributed by atoms with van der Waals surface area (Å²) >= 11 is 18.4. The Kier molecular flexibility index (Phi) is 5.75. The summed E-state index contributed by atoms with van der Waals surface area (Å²) in [4.78, 5) is 14.1. The number of carbonyl (C=O) groups excluding carboxylic acids is 1. The van der Waals surface area contributed by atoms with Crippen LogP contribution in [0.3, 0.4) is 0 Å². The zero-order valence-corrected chi connectivity index (χ0v) is 11.0. The molecular weight excluding hydrogens is 277 g/mol. The molecule has 0 spiro atoms. The molecule has 0 aliphatic carbocycles. The first-order valence-electron chi connectivity index (χ1n) is 4.35. The lowest BCUT2D eigenvalue weighted by Gasteiger charge is -2.19. The van der Waals surface area contributed by atoms with Gasteiger partial charge in [-0.1, -0.05) is 11.6 Å². The third-order valence-corrected chi connectivity index (χ3v) is 3.47. The molecule has 0 aliphatic rings. The Morgan fingerprint density at radius 3 is 2.33 bits per heavy atom. The maximum absolute atomic E-state index is 11.9. The van der Waals surface area contributed by atoms with Crippen molar-refractivity contribution in [2.75, 3.05) is 24.8 Å². The second-order valence-electron chi connectivity index (χ2n) is 2.77. The van der Waals surface area contributed by atoms with Gasteiger partial charge in [0.25, 0.3) is 5.91 Å². The highest BCUT2D eigenvalue weighted by Crippen LogP contribution is 2.23. The Morgan fingerprint density at radius 2 is 1.93 bits per heavy atom. The molecule has 1 heterocycles. The van der Waals surface area contributed by atoms with Crippen molar-refractivity contribution in [1.82, 2.24) is 4.90 Å². The molecule has 1 aromatic heterocycles. The van der Waals surface area contributed by atoms with Crippen molar-refractivity contribution in [1.29, 1.82) is 0 Å². The first-order chi connectivity index (χ1) is 7.20. The number of alkyl halides is 2. The minimum Gasteiger partial charge on any atom is -0.336 e. The van der Waals surface area contributed by atoms with Gasteiger partial charge in [-0.2, -0.15) is 0 Å². The Labute approximate surface area is 108 Å². The van der Waals surface area contributed by atoms with Crippen LogP contribution in [0.15, 0.2) is 11.4 Å². The van der Waals surface area contributed by atoms with Crippen molar-refractivity contribution in [3.8, 4) is 0 Å². The second kappa shape index (κ2) is 6.59. The highest BCUT2D eigenvalue weighted by molar-refractivity contribution is 7.12. The fourth-order valence-corrected chi connectivity index (χ4v) is 2.62. The van der Waals surface area contributed by atoms with Gasteiger partial charge in [-0.15, -0.1) is 34.5 Å². The van der Waals surface area contributed by atoms with Gasteiger partial charge in [-0.25, -0.2) is 0 Å². The molecule has 1 amide bonds. The zero-order valence-electron chi connectivity index (χ0n) is 7.88. The van der Waals surface area contributed by atoms with Gasteiger partial charge in [-0.05, 0) is 11.4 Å². The summed E-state index contributed by atoms with van der Waals surface area (Å²) in [6.07, 6.45) is 0. The van der Waals surface area contributed by atoms with Crippen LogP contribution in [0.4, 0.5) is 0 Å². The Hall–Kier alpha value is 0.0400. The molecule has 0 saturated carbocycles. The molecule has 1 aromatic rings. The largest absolute Gasteiger partial charge is 0.336 e. The van der Waals surface area contributed by atoms with Crippen LogP contribution in [0.25, 0.3) is 0 Å². The average molecular weight is 287 g/mol. The predicted octanol–water partition coefficient (Wildman–Crippen LogP) is 3.32. The fraction of sp³-hybridized carbons (Fsp3) is 0.444. The summed E-state index contributed by atoms with van der Waals surface area (Å²) in [5, 5.41) is 2.27. The van der Waals surface area contributed by atoms with Gasteiger partial charge in [-0.3, -0.25) is 4.79 Å². The highest BCUT2D eigenvalue weighted by atomic mass is 35.5. The second-order valence-corrected chi connectivity index (χ2v) is 4.85. The highest BCUT2D eigenvalue weighted by Gasteiger charge is 2.18. The maximum atomic E-state index is 11.9. The summed E-state index contributed by atoms with van der Waals surface area (Å²) in [5.41, 5.74) is 0. The number of carbonyl (C=O) groups is 1. The molecule has 0 atom stereocenters. The van der Waals surface area contributed by atoms with Crippen molar-refractivity contribution >= 4 is 52.0 Å². The number of halogens is 3. The first kappa shape index (κ1) is 13.1. The van der Waals surface area contributed by atoms with Crippen LogP contribution in [-0.4, -0.2) is 35.7 Å². The van der Waals surface area contributed by atoms with Gasteiger partial charge in [0.2, 0.25) is 0 Å². The smallest absolute Gasteiger partial charge is 0.265 e. The van der Waals surface area contributed by atoms with Gasteiger partial charge in [0.05, 0.1) is 5.02 Å². The Morgan fingerprint density at radius 1 is 1.33 bits per heavy atom. The molecule has 0 unspecified atom stereocenters. The molecule has 0 N–H and O–H groups in total. The Bertz CT molecular complexity index is 323. The average Bonchev–Trinajstić information content (AvgIpc) is 2.63. The van der Waals surface area contributed by atoms with Crippen molar-refractivity contribution in [3.63, 3.8) is 0 Å². The van der Waals surface area contributed by atoms with Gasteiger partial charge < -0.3 is 4.90 Å². The molecule has 0 fully saturated rings. The van der Waals surface area contributed by atoms with Crippen LogP contribution in [0.1, 0.15) is 9.67 Å². The van der Waals surface area contributed by atoms with Gasteiger partial charge in [0.1, 0.15) is 4.88 Å². The molecule has 0 radical (unpaired) electrons.